The molecule has 0 bridgehead atoms. The van der Waals surface area contributed by atoms with Crippen LogP contribution in [-0.2, 0) is 4.79 Å². The predicted octanol–water partition coefficient (Wildman–Crippen LogP) is 2.44. The molecule has 1 aliphatic carbocycles. The van der Waals surface area contributed by atoms with Crippen molar-refractivity contribution in [1.29, 1.82) is 0 Å². The summed E-state index contributed by atoms with van der Waals surface area (Å²) in [5.41, 5.74) is 0. The lowest BCUT2D eigenvalue weighted by Gasteiger charge is -2.05. The number of anilines is 1. The van der Waals surface area contributed by atoms with Crippen LogP contribution >= 0.6 is 11.3 Å². The number of carbonyl (C=O) groups excluding carboxylic acids is 1. The van der Waals surface area contributed by atoms with E-state index in [1.54, 1.807) is 6.20 Å². The van der Waals surface area contributed by atoms with Gasteiger partial charge in [-0.25, -0.2) is 4.98 Å². The molecule has 4 heteroatoms. The highest BCUT2D eigenvalue weighted by molar-refractivity contribution is 7.13. The molecular formula is C10H12N2OS. The lowest BCUT2D eigenvalue weighted by molar-refractivity contribution is -0.116. The Morgan fingerprint density at radius 3 is 3.29 bits per heavy atom. The molecule has 14 heavy (non-hydrogen) atoms. The SMILES string of the molecule is O=C(C[C@@H]1C=CCC1)Nc1nccs1. The third-order valence-corrected chi connectivity index (χ3v) is 2.93. The van der Waals surface area contributed by atoms with Gasteiger partial charge in [-0.3, -0.25) is 4.79 Å². The summed E-state index contributed by atoms with van der Waals surface area (Å²) < 4.78 is 0. The summed E-state index contributed by atoms with van der Waals surface area (Å²) in [6.07, 6.45) is 8.75. The molecule has 0 saturated heterocycles. The number of amides is 1. The molecule has 0 saturated carbocycles. The third-order valence-electron chi connectivity index (χ3n) is 2.24. The van der Waals surface area contributed by atoms with E-state index >= 15 is 0 Å². The quantitative estimate of drug-likeness (QED) is 0.775. The molecule has 0 aromatic carbocycles. The maximum Gasteiger partial charge on any atom is 0.226 e. The van der Waals surface area contributed by atoms with Gasteiger partial charge in [0.1, 0.15) is 0 Å². The second-order valence-electron chi connectivity index (χ2n) is 3.36. The van der Waals surface area contributed by atoms with Crippen LogP contribution < -0.4 is 5.32 Å². The lowest BCUT2D eigenvalue weighted by atomic mass is 10.1. The number of rotatable bonds is 3. The Morgan fingerprint density at radius 2 is 2.64 bits per heavy atom. The average Bonchev–Trinajstić information content (AvgIpc) is 2.76. The number of nitrogens with one attached hydrogen (secondary N) is 1. The summed E-state index contributed by atoms with van der Waals surface area (Å²) >= 11 is 1.45. The molecule has 0 radical (unpaired) electrons. The smallest absolute Gasteiger partial charge is 0.226 e. The first-order valence-corrected chi connectivity index (χ1v) is 5.58. The van der Waals surface area contributed by atoms with Crippen molar-refractivity contribution in [3.8, 4) is 0 Å². The fourth-order valence-electron chi connectivity index (χ4n) is 1.56. The molecule has 1 atom stereocenters. The zero-order valence-corrected chi connectivity index (χ0v) is 8.59. The minimum absolute atomic E-state index is 0.0662. The molecule has 1 amide bonds. The molecule has 2 rings (SSSR count). The van der Waals surface area contributed by atoms with Crippen LogP contribution in [0.3, 0.4) is 0 Å². The summed E-state index contributed by atoms with van der Waals surface area (Å²) in [6, 6.07) is 0. The number of carbonyl (C=O) groups is 1. The summed E-state index contributed by atoms with van der Waals surface area (Å²) in [6.45, 7) is 0. The monoisotopic (exact) mass is 208 g/mol. The van der Waals surface area contributed by atoms with Crippen molar-refractivity contribution in [2.75, 3.05) is 5.32 Å². The molecule has 0 aliphatic heterocycles. The standard InChI is InChI=1S/C10H12N2OS/c13-9(7-8-3-1-2-4-8)12-10-11-5-6-14-10/h1,3,5-6,8H,2,4,7H2,(H,11,12,13)/t8-/m1/s1. The Balaban J connectivity index is 1.81. The number of allylic oxidation sites excluding steroid dienone is 2. The van der Waals surface area contributed by atoms with Crippen LogP contribution in [0.25, 0.3) is 0 Å². The van der Waals surface area contributed by atoms with E-state index in [-0.39, 0.29) is 5.91 Å². The van der Waals surface area contributed by atoms with Crippen LogP contribution in [0.5, 0.6) is 0 Å². The van der Waals surface area contributed by atoms with E-state index in [2.05, 4.69) is 22.5 Å². The van der Waals surface area contributed by atoms with Crippen LogP contribution in [-0.4, -0.2) is 10.9 Å². The van der Waals surface area contributed by atoms with Crippen LogP contribution in [0.2, 0.25) is 0 Å². The Kier molecular flexibility index (Phi) is 2.93. The van der Waals surface area contributed by atoms with Gasteiger partial charge in [0.05, 0.1) is 0 Å². The van der Waals surface area contributed by atoms with Crippen molar-refractivity contribution >= 4 is 22.4 Å². The fraction of sp³-hybridized carbons (Fsp3) is 0.400. The Bertz CT molecular complexity index is 332. The second-order valence-corrected chi connectivity index (χ2v) is 4.25. The van der Waals surface area contributed by atoms with Gasteiger partial charge in [-0.1, -0.05) is 12.2 Å². The minimum Gasteiger partial charge on any atom is -0.302 e. The highest BCUT2D eigenvalue weighted by Gasteiger charge is 2.14. The van der Waals surface area contributed by atoms with E-state index in [0.29, 0.717) is 17.5 Å². The molecular weight excluding hydrogens is 196 g/mol. The topological polar surface area (TPSA) is 42.0 Å². The van der Waals surface area contributed by atoms with Crippen LogP contribution in [0, 0.1) is 5.92 Å². The lowest BCUT2D eigenvalue weighted by Crippen LogP contribution is -2.14. The number of aromatic nitrogens is 1. The van der Waals surface area contributed by atoms with E-state index in [4.69, 9.17) is 0 Å². The average molecular weight is 208 g/mol. The largest absolute Gasteiger partial charge is 0.302 e. The molecule has 1 heterocycles. The third kappa shape index (κ3) is 2.42. The zero-order valence-electron chi connectivity index (χ0n) is 7.77. The Morgan fingerprint density at radius 1 is 1.71 bits per heavy atom. The molecule has 0 spiro atoms. The van der Waals surface area contributed by atoms with E-state index in [1.165, 1.54) is 11.3 Å². The van der Waals surface area contributed by atoms with Gasteiger partial charge < -0.3 is 5.32 Å². The van der Waals surface area contributed by atoms with Gasteiger partial charge in [0.25, 0.3) is 0 Å². The van der Waals surface area contributed by atoms with Crippen molar-refractivity contribution in [2.24, 2.45) is 5.92 Å². The summed E-state index contributed by atoms with van der Waals surface area (Å²) in [7, 11) is 0. The van der Waals surface area contributed by atoms with E-state index < -0.39 is 0 Å². The van der Waals surface area contributed by atoms with Gasteiger partial charge >= 0.3 is 0 Å². The minimum atomic E-state index is 0.0662. The van der Waals surface area contributed by atoms with Crippen LogP contribution in [0.15, 0.2) is 23.7 Å². The van der Waals surface area contributed by atoms with Gasteiger partial charge in [0.15, 0.2) is 5.13 Å². The van der Waals surface area contributed by atoms with E-state index in [1.807, 2.05) is 5.38 Å². The van der Waals surface area contributed by atoms with Crippen LogP contribution in [0.4, 0.5) is 5.13 Å². The molecule has 74 valence electrons. The summed E-state index contributed by atoms with van der Waals surface area (Å²) in [5.74, 6) is 0.492. The van der Waals surface area contributed by atoms with Crippen molar-refractivity contribution in [3.05, 3.63) is 23.7 Å². The first kappa shape index (κ1) is 9.40. The molecule has 3 nitrogen and oxygen atoms in total. The predicted molar refractivity (Wildman–Crippen MR) is 57.2 cm³/mol. The van der Waals surface area contributed by atoms with Crippen LogP contribution in [0.1, 0.15) is 19.3 Å². The second kappa shape index (κ2) is 4.37. The van der Waals surface area contributed by atoms with Crippen molar-refractivity contribution < 1.29 is 4.79 Å². The molecule has 1 N–H and O–H groups in total. The Labute approximate surface area is 86.9 Å². The van der Waals surface area contributed by atoms with Gasteiger partial charge in [0.2, 0.25) is 5.91 Å². The van der Waals surface area contributed by atoms with Crippen molar-refractivity contribution in [1.82, 2.24) is 4.98 Å². The molecule has 0 fully saturated rings. The highest BCUT2D eigenvalue weighted by Crippen LogP contribution is 2.21. The summed E-state index contributed by atoms with van der Waals surface area (Å²) in [5, 5.41) is 5.33. The highest BCUT2D eigenvalue weighted by atomic mass is 32.1. The normalized spacial score (nSPS) is 19.9. The number of hydrogen-bond donors (Lipinski definition) is 1. The maximum absolute atomic E-state index is 11.5. The summed E-state index contributed by atoms with van der Waals surface area (Å²) in [4.78, 5) is 15.5. The van der Waals surface area contributed by atoms with Gasteiger partial charge in [0, 0.05) is 18.0 Å². The number of hydrogen-bond acceptors (Lipinski definition) is 3. The van der Waals surface area contributed by atoms with Gasteiger partial charge in [-0.05, 0) is 18.8 Å². The first-order valence-electron chi connectivity index (χ1n) is 4.70. The van der Waals surface area contributed by atoms with Gasteiger partial charge in [-0.15, -0.1) is 11.3 Å². The van der Waals surface area contributed by atoms with Gasteiger partial charge in [-0.2, -0.15) is 0 Å². The molecule has 1 aromatic heterocycles. The maximum atomic E-state index is 11.5. The number of nitrogens with zero attached hydrogens (tertiary/aromatic N) is 1. The van der Waals surface area contributed by atoms with E-state index in [9.17, 15) is 4.79 Å². The molecule has 1 aromatic rings. The van der Waals surface area contributed by atoms with E-state index in [0.717, 1.165) is 12.8 Å². The number of thiazole rings is 1. The molecule has 0 unspecified atom stereocenters. The van der Waals surface area contributed by atoms with Crippen molar-refractivity contribution in [3.63, 3.8) is 0 Å². The van der Waals surface area contributed by atoms with Crippen molar-refractivity contribution in [2.45, 2.75) is 19.3 Å². The Hall–Kier alpha value is -1.16. The first-order chi connectivity index (χ1) is 6.84. The zero-order chi connectivity index (χ0) is 9.80. The fourth-order valence-corrected chi connectivity index (χ4v) is 2.10. The molecule has 1 aliphatic rings.